The van der Waals surface area contributed by atoms with Crippen LogP contribution in [0.1, 0.15) is 92.9 Å². The zero-order valence-corrected chi connectivity index (χ0v) is 20.9. The first-order chi connectivity index (χ1) is 12.9. The summed E-state index contributed by atoms with van der Waals surface area (Å²) < 4.78 is 12.1. The van der Waals surface area contributed by atoms with Crippen molar-refractivity contribution < 1.29 is 14.0 Å². The molecule has 0 aromatic carbocycles. The quantitative estimate of drug-likeness (QED) is 0.320. The van der Waals surface area contributed by atoms with Gasteiger partial charge in [-0.2, -0.15) is 0 Å². The Morgan fingerprint density at radius 3 is 2.50 bits per heavy atom. The van der Waals surface area contributed by atoms with Crippen LogP contribution in [0, 0.1) is 23.2 Å². The van der Waals surface area contributed by atoms with Crippen molar-refractivity contribution in [3.63, 3.8) is 0 Å². The molecule has 0 spiro atoms. The number of hydrogen-bond donors (Lipinski definition) is 0. The predicted octanol–water partition coefficient (Wildman–Crippen LogP) is 6.96. The van der Waals surface area contributed by atoms with Crippen LogP contribution in [-0.2, 0) is 14.0 Å². The van der Waals surface area contributed by atoms with Crippen molar-refractivity contribution in [2.75, 3.05) is 6.61 Å². The summed E-state index contributed by atoms with van der Waals surface area (Å²) in [4.78, 5) is 11.7. The van der Waals surface area contributed by atoms with Crippen LogP contribution in [0.2, 0.25) is 18.1 Å². The summed E-state index contributed by atoms with van der Waals surface area (Å²) in [5, 5.41) is 0.277. The Hall–Kier alpha value is -0.353. The van der Waals surface area contributed by atoms with Gasteiger partial charge in [-0.05, 0) is 86.7 Å². The summed E-state index contributed by atoms with van der Waals surface area (Å²) in [5.74, 6) is 2.13. The van der Waals surface area contributed by atoms with Gasteiger partial charge in [-0.25, -0.2) is 0 Å². The molecule has 28 heavy (non-hydrogen) atoms. The van der Waals surface area contributed by atoms with E-state index in [9.17, 15) is 4.79 Å². The van der Waals surface area contributed by atoms with Crippen molar-refractivity contribution in [2.45, 2.75) is 117 Å². The van der Waals surface area contributed by atoms with E-state index in [2.05, 4.69) is 47.7 Å². The van der Waals surface area contributed by atoms with Crippen LogP contribution in [-0.4, -0.2) is 27.0 Å². The third kappa shape index (κ3) is 5.22. The summed E-state index contributed by atoms with van der Waals surface area (Å²) in [6, 6.07) is 0. The highest BCUT2D eigenvalue weighted by Gasteiger charge is 2.54. The van der Waals surface area contributed by atoms with Crippen molar-refractivity contribution in [3.05, 3.63) is 0 Å². The van der Waals surface area contributed by atoms with E-state index in [1.165, 1.54) is 32.1 Å². The fourth-order valence-corrected chi connectivity index (χ4v) is 7.19. The van der Waals surface area contributed by atoms with Crippen LogP contribution in [0.4, 0.5) is 0 Å². The van der Waals surface area contributed by atoms with Gasteiger partial charge < -0.3 is 9.16 Å². The molecule has 0 N–H and O–H groups in total. The van der Waals surface area contributed by atoms with Crippen LogP contribution in [0.5, 0.6) is 0 Å². The largest absolute Gasteiger partial charge is 0.466 e. The van der Waals surface area contributed by atoms with E-state index in [1.807, 2.05) is 6.92 Å². The van der Waals surface area contributed by atoms with Gasteiger partial charge in [0.15, 0.2) is 8.32 Å². The molecular weight excluding hydrogens is 364 g/mol. The Balaban J connectivity index is 1.99. The normalized spacial score (nSPS) is 32.1. The maximum atomic E-state index is 11.7. The standard InChI is InChI=1S/C24H46O3Si/c1-9-26-22(25)14-10-12-18(2)19-15-16-20-21(13-11-17-24(19,20)6)27-28(7,8)23(3,4)5/h18-21H,9-17H2,1-8H3/t18-,19+,20-,21-,24+/m0/s1. The molecule has 0 saturated heterocycles. The Morgan fingerprint density at radius 2 is 1.89 bits per heavy atom. The highest BCUT2D eigenvalue weighted by molar-refractivity contribution is 6.74. The second kappa shape index (κ2) is 9.20. The van der Waals surface area contributed by atoms with Gasteiger partial charge in [-0.1, -0.05) is 41.0 Å². The predicted molar refractivity (Wildman–Crippen MR) is 120 cm³/mol. The van der Waals surface area contributed by atoms with Gasteiger partial charge in [0.25, 0.3) is 0 Å². The molecule has 2 saturated carbocycles. The SMILES string of the molecule is CCOC(=O)CCC[C@H](C)[C@H]1CC[C@H]2[C@@H](O[Si](C)(C)C(C)(C)C)CCC[C@]12C. The molecule has 0 radical (unpaired) electrons. The van der Waals surface area contributed by atoms with Crippen LogP contribution in [0.25, 0.3) is 0 Å². The van der Waals surface area contributed by atoms with Crippen molar-refractivity contribution in [1.82, 2.24) is 0 Å². The number of esters is 1. The first kappa shape index (κ1) is 23.9. The summed E-state index contributed by atoms with van der Waals surface area (Å²) in [7, 11) is -1.73. The minimum atomic E-state index is -1.73. The van der Waals surface area contributed by atoms with E-state index < -0.39 is 8.32 Å². The smallest absolute Gasteiger partial charge is 0.305 e. The second-order valence-corrected chi connectivity index (χ2v) is 16.0. The van der Waals surface area contributed by atoms with Crippen molar-refractivity contribution in [1.29, 1.82) is 0 Å². The minimum Gasteiger partial charge on any atom is -0.466 e. The molecule has 2 fully saturated rings. The number of hydrogen-bond acceptors (Lipinski definition) is 3. The first-order valence-electron chi connectivity index (χ1n) is 11.8. The molecule has 0 unspecified atom stereocenters. The third-order valence-electron chi connectivity index (χ3n) is 8.42. The molecule has 3 nitrogen and oxygen atoms in total. The lowest BCUT2D eigenvalue weighted by molar-refractivity contribution is -0.143. The molecule has 0 aromatic rings. The molecule has 2 rings (SSSR count). The number of carbonyl (C=O) groups is 1. The van der Waals surface area contributed by atoms with Gasteiger partial charge in [0.1, 0.15) is 0 Å². The molecule has 0 heterocycles. The molecule has 164 valence electrons. The molecule has 5 atom stereocenters. The molecule has 0 aliphatic heterocycles. The van der Waals surface area contributed by atoms with Crippen LogP contribution in [0.15, 0.2) is 0 Å². The van der Waals surface area contributed by atoms with Gasteiger partial charge in [-0.15, -0.1) is 0 Å². The van der Waals surface area contributed by atoms with E-state index in [1.54, 1.807) is 0 Å². The average Bonchev–Trinajstić information content (AvgIpc) is 2.92. The molecule has 4 heteroatoms. The molecule has 2 aliphatic rings. The first-order valence-corrected chi connectivity index (χ1v) is 14.7. The Morgan fingerprint density at radius 1 is 1.21 bits per heavy atom. The molecule has 2 aliphatic carbocycles. The molecule has 0 amide bonds. The van der Waals surface area contributed by atoms with E-state index >= 15 is 0 Å². The lowest BCUT2D eigenvalue weighted by atomic mass is 9.61. The minimum absolute atomic E-state index is 0.0364. The van der Waals surface area contributed by atoms with Crippen molar-refractivity contribution in [2.24, 2.45) is 23.2 Å². The molecule has 0 bridgehead atoms. The lowest BCUT2D eigenvalue weighted by Gasteiger charge is -2.50. The zero-order valence-electron chi connectivity index (χ0n) is 19.9. The Bertz CT molecular complexity index is 524. The van der Waals surface area contributed by atoms with Crippen LogP contribution >= 0.6 is 0 Å². The van der Waals surface area contributed by atoms with Gasteiger partial charge in [0.2, 0.25) is 0 Å². The average molecular weight is 411 g/mol. The number of rotatable bonds is 8. The lowest BCUT2D eigenvalue weighted by Crippen LogP contribution is -2.50. The van der Waals surface area contributed by atoms with Crippen molar-refractivity contribution >= 4 is 14.3 Å². The second-order valence-electron chi connectivity index (χ2n) is 11.3. The summed E-state index contributed by atoms with van der Waals surface area (Å²) in [5.41, 5.74) is 0.411. The maximum absolute atomic E-state index is 11.7. The van der Waals surface area contributed by atoms with Crippen LogP contribution < -0.4 is 0 Å². The van der Waals surface area contributed by atoms with E-state index in [4.69, 9.17) is 9.16 Å². The van der Waals surface area contributed by atoms with E-state index in [0.29, 0.717) is 36.4 Å². The summed E-state index contributed by atoms with van der Waals surface area (Å²) >= 11 is 0. The molecule has 0 aromatic heterocycles. The summed E-state index contributed by atoms with van der Waals surface area (Å²) in [6.45, 7) is 19.2. The van der Waals surface area contributed by atoms with E-state index in [0.717, 1.165) is 18.8 Å². The number of fused-ring (bicyclic) bond motifs is 1. The Kier molecular flexibility index (Phi) is 7.86. The van der Waals surface area contributed by atoms with Gasteiger partial charge in [0.05, 0.1) is 6.61 Å². The van der Waals surface area contributed by atoms with E-state index in [-0.39, 0.29) is 11.0 Å². The van der Waals surface area contributed by atoms with Gasteiger partial charge in [0, 0.05) is 12.5 Å². The monoisotopic (exact) mass is 410 g/mol. The Labute approximate surface area is 175 Å². The topological polar surface area (TPSA) is 35.5 Å². The summed E-state index contributed by atoms with van der Waals surface area (Å²) in [6.07, 6.45) is 9.68. The van der Waals surface area contributed by atoms with Gasteiger partial charge in [-0.3, -0.25) is 4.79 Å². The fraction of sp³-hybridized carbons (Fsp3) is 0.958. The fourth-order valence-electron chi connectivity index (χ4n) is 5.79. The number of carbonyl (C=O) groups excluding carboxylic acids is 1. The van der Waals surface area contributed by atoms with Gasteiger partial charge >= 0.3 is 5.97 Å². The molecular formula is C24H46O3Si. The maximum Gasteiger partial charge on any atom is 0.305 e. The highest BCUT2D eigenvalue weighted by Crippen LogP contribution is 2.59. The zero-order chi connectivity index (χ0) is 21.2. The van der Waals surface area contributed by atoms with Crippen LogP contribution in [0.3, 0.4) is 0 Å². The van der Waals surface area contributed by atoms with Crippen molar-refractivity contribution in [3.8, 4) is 0 Å². The highest BCUT2D eigenvalue weighted by atomic mass is 28.4. The number of ether oxygens (including phenoxy) is 1. The third-order valence-corrected chi connectivity index (χ3v) is 12.9.